The van der Waals surface area contributed by atoms with Crippen LogP contribution in [-0.4, -0.2) is 24.8 Å². The average molecular weight is 225 g/mol. The van der Waals surface area contributed by atoms with E-state index in [2.05, 4.69) is 12.2 Å². The van der Waals surface area contributed by atoms with Crippen LogP contribution >= 0.6 is 0 Å². The van der Waals surface area contributed by atoms with Crippen molar-refractivity contribution in [1.29, 1.82) is 0 Å². The Bertz CT molecular complexity index is 217. The van der Waals surface area contributed by atoms with E-state index in [4.69, 9.17) is 0 Å². The Labute approximate surface area is 99.8 Å². The molecule has 0 saturated heterocycles. The molecule has 94 valence electrons. The van der Waals surface area contributed by atoms with E-state index < -0.39 is 0 Å². The summed E-state index contributed by atoms with van der Waals surface area (Å²) in [4.78, 5) is 0. The van der Waals surface area contributed by atoms with Crippen LogP contribution in [0.3, 0.4) is 0 Å². The molecule has 0 aromatic carbocycles. The molecule has 2 rings (SSSR count). The third kappa shape index (κ3) is 2.78. The van der Waals surface area contributed by atoms with Gasteiger partial charge in [0, 0.05) is 25.1 Å². The zero-order chi connectivity index (χ0) is 11.5. The SMILES string of the molecule is CC1(CNCC2(CO)CCCCC2)CCC1. The van der Waals surface area contributed by atoms with Crippen LogP contribution in [0, 0.1) is 10.8 Å². The van der Waals surface area contributed by atoms with E-state index in [-0.39, 0.29) is 5.41 Å². The standard InChI is InChI=1S/C14H27NO/c1-13(6-5-7-13)10-15-11-14(12-16)8-3-2-4-9-14/h15-16H,2-12H2,1H3. The number of aliphatic hydroxyl groups is 1. The van der Waals surface area contributed by atoms with Gasteiger partial charge in [-0.15, -0.1) is 0 Å². The van der Waals surface area contributed by atoms with Crippen molar-refractivity contribution in [2.24, 2.45) is 10.8 Å². The smallest absolute Gasteiger partial charge is 0.0499 e. The van der Waals surface area contributed by atoms with Crippen LogP contribution in [0.1, 0.15) is 58.3 Å². The quantitative estimate of drug-likeness (QED) is 0.754. The van der Waals surface area contributed by atoms with Crippen molar-refractivity contribution >= 4 is 0 Å². The summed E-state index contributed by atoms with van der Waals surface area (Å²) in [6, 6.07) is 0. The van der Waals surface area contributed by atoms with Crippen LogP contribution in [0.4, 0.5) is 0 Å². The molecule has 0 aromatic heterocycles. The highest BCUT2D eigenvalue weighted by atomic mass is 16.3. The summed E-state index contributed by atoms with van der Waals surface area (Å²) >= 11 is 0. The van der Waals surface area contributed by atoms with E-state index in [1.54, 1.807) is 0 Å². The van der Waals surface area contributed by atoms with Crippen molar-refractivity contribution < 1.29 is 5.11 Å². The summed E-state index contributed by atoms with van der Waals surface area (Å²) in [7, 11) is 0. The second kappa shape index (κ2) is 5.05. The monoisotopic (exact) mass is 225 g/mol. The van der Waals surface area contributed by atoms with Gasteiger partial charge in [0.15, 0.2) is 0 Å². The Morgan fingerprint density at radius 1 is 0.938 bits per heavy atom. The summed E-state index contributed by atoms with van der Waals surface area (Å²) in [5, 5.41) is 13.2. The molecule has 0 amide bonds. The first kappa shape index (κ1) is 12.4. The van der Waals surface area contributed by atoms with Crippen molar-refractivity contribution in [1.82, 2.24) is 5.32 Å². The van der Waals surface area contributed by atoms with E-state index in [9.17, 15) is 5.11 Å². The van der Waals surface area contributed by atoms with Gasteiger partial charge in [0.2, 0.25) is 0 Å². The molecule has 0 unspecified atom stereocenters. The predicted molar refractivity (Wildman–Crippen MR) is 67.4 cm³/mol. The first-order chi connectivity index (χ1) is 7.68. The molecule has 0 radical (unpaired) electrons. The highest BCUT2D eigenvalue weighted by Crippen LogP contribution is 2.40. The van der Waals surface area contributed by atoms with E-state index >= 15 is 0 Å². The highest BCUT2D eigenvalue weighted by molar-refractivity contribution is 4.88. The second-order valence-corrected chi connectivity index (χ2v) is 6.49. The first-order valence-electron chi connectivity index (χ1n) is 7.00. The lowest BCUT2D eigenvalue weighted by atomic mass is 9.70. The average Bonchev–Trinajstić information content (AvgIpc) is 2.28. The highest BCUT2D eigenvalue weighted by Gasteiger charge is 2.34. The molecule has 0 heterocycles. The van der Waals surface area contributed by atoms with Crippen molar-refractivity contribution in [2.45, 2.75) is 58.3 Å². The molecule has 2 N–H and O–H groups in total. The second-order valence-electron chi connectivity index (χ2n) is 6.49. The van der Waals surface area contributed by atoms with Gasteiger partial charge in [-0.2, -0.15) is 0 Å². The molecule has 2 nitrogen and oxygen atoms in total. The van der Waals surface area contributed by atoms with Crippen LogP contribution in [0.5, 0.6) is 0 Å². The molecule has 0 atom stereocenters. The maximum Gasteiger partial charge on any atom is 0.0499 e. The molecule has 2 aliphatic rings. The van der Waals surface area contributed by atoms with Gasteiger partial charge in [-0.3, -0.25) is 0 Å². The minimum Gasteiger partial charge on any atom is -0.396 e. The van der Waals surface area contributed by atoms with Gasteiger partial charge in [0.25, 0.3) is 0 Å². The maximum absolute atomic E-state index is 9.60. The fourth-order valence-corrected chi connectivity index (χ4v) is 3.28. The van der Waals surface area contributed by atoms with Crippen molar-refractivity contribution in [3.63, 3.8) is 0 Å². The minimum absolute atomic E-state index is 0.207. The number of nitrogens with one attached hydrogen (secondary N) is 1. The Morgan fingerprint density at radius 2 is 1.62 bits per heavy atom. The third-order valence-corrected chi connectivity index (χ3v) is 4.86. The van der Waals surface area contributed by atoms with Crippen molar-refractivity contribution in [3.8, 4) is 0 Å². The van der Waals surface area contributed by atoms with E-state index in [1.165, 1.54) is 51.4 Å². The largest absolute Gasteiger partial charge is 0.396 e. The zero-order valence-corrected chi connectivity index (χ0v) is 10.7. The summed E-state index contributed by atoms with van der Waals surface area (Å²) in [6.07, 6.45) is 10.6. The van der Waals surface area contributed by atoms with Gasteiger partial charge in [-0.1, -0.05) is 32.6 Å². The molecule has 0 bridgehead atoms. The molecule has 2 aliphatic carbocycles. The van der Waals surface area contributed by atoms with Crippen molar-refractivity contribution in [3.05, 3.63) is 0 Å². The molecule has 0 aromatic rings. The van der Waals surface area contributed by atoms with Crippen LogP contribution in [0.15, 0.2) is 0 Å². The molecule has 16 heavy (non-hydrogen) atoms. The van der Waals surface area contributed by atoms with Crippen LogP contribution in [0.2, 0.25) is 0 Å². The Balaban J connectivity index is 1.73. The van der Waals surface area contributed by atoms with Crippen molar-refractivity contribution in [2.75, 3.05) is 19.7 Å². The van der Waals surface area contributed by atoms with Gasteiger partial charge in [-0.25, -0.2) is 0 Å². The lowest BCUT2D eigenvalue weighted by Gasteiger charge is -2.41. The summed E-state index contributed by atoms with van der Waals surface area (Å²) in [5.74, 6) is 0. The Kier molecular flexibility index (Phi) is 3.91. The van der Waals surface area contributed by atoms with Gasteiger partial charge in [-0.05, 0) is 31.1 Å². The lowest BCUT2D eigenvalue weighted by molar-refractivity contribution is 0.0717. The summed E-state index contributed by atoms with van der Waals surface area (Å²) < 4.78 is 0. The number of rotatable bonds is 5. The van der Waals surface area contributed by atoms with Crippen LogP contribution in [-0.2, 0) is 0 Å². The van der Waals surface area contributed by atoms with E-state index in [0.29, 0.717) is 12.0 Å². The number of hydrogen-bond acceptors (Lipinski definition) is 2. The number of hydrogen-bond donors (Lipinski definition) is 2. The van der Waals surface area contributed by atoms with Gasteiger partial charge < -0.3 is 10.4 Å². The predicted octanol–water partition coefficient (Wildman–Crippen LogP) is 2.71. The molecule has 0 aliphatic heterocycles. The fraction of sp³-hybridized carbons (Fsp3) is 1.00. The van der Waals surface area contributed by atoms with E-state index in [1.807, 2.05) is 0 Å². The number of aliphatic hydroxyl groups excluding tert-OH is 1. The summed E-state index contributed by atoms with van der Waals surface area (Å²) in [6.45, 7) is 4.93. The topological polar surface area (TPSA) is 32.3 Å². The maximum atomic E-state index is 9.60. The normalized spacial score (nSPS) is 27.4. The fourth-order valence-electron chi connectivity index (χ4n) is 3.28. The molecular weight excluding hydrogens is 198 g/mol. The van der Waals surface area contributed by atoms with Gasteiger partial charge in [0.1, 0.15) is 0 Å². The first-order valence-corrected chi connectivity index (χ1v) is 7.00. The summed E-state index contributed by atoms with van der Waals surface area (Å²) in [5.41, 5.74) is 0.768. The van der Waals surface area contributed by atoms with E-state index in [0.717, 1.165) is 13.1 Å². The van der Waals surface area contributed by atoms with Gasteiger partial charge in [0.05, 0.1) is 0 Å². The van der Waals surface area contributed by atoms with Crippen LogP contribution in [0.25, 0.3) is 0 Å². The molecule has 2 heteroatoms. The van der Waals surface area contributed by atoms with Crippen LogP contribution < -0.4 is 5.32 Å². The lowest BCUT2D eigenvalue weighted by Crippen LogP contribution is -2.44. The minimum atomic E-state index is 0.207. The molecule has 0 spiro atoms. The molecular formula is C14H27NO. The zero-order valence-electron chi connectivity index (χ0n) is 10.7. The Morgan fingerprint density at radius 3 is 2.12 bits per heavy atom. The Hall–Kier alpha value is -0.0800. The molecule has 2 saturated carbocycles. The molecule has 2 fully saturated rings. The third-order valence-electron chi connectivity index (χ3n) is 4.86. The van der Waals surface area contributed by atoms with Gasteiger partial charge >= 0.3 is 0 Å².